The van der Waals surface area contributed by atoms with Crippen molar-refractivity contribution in [2.24, 2.45) is 0 Å². The van der Waals surface area contributed by atoms with Crippen molar-refractivity contribution in [1.82, 2.24) is 4.31 Å². The normalized spacial score (nSPS) is 16.2. The molecule has 0 spiro atoms. The number of carbonyl (C=O) groups is 2. The van der Waals surface area contributed by atoms with Gasteiger partial charge >= 0.3 is 5.97 Å². The third kappa shape index (κ3) is 5.50. The lowest BCUT2D eigenvalue weighted by Gasteiger charge is -2.27. The minimum absolute atomic E-state index is 0.0943. The monoisotopic (exact) mass is 573 g/mol. The molecule has 1 N–H and O–H groups in total. The van der Waals surface area contributed by atoms with Crippen molar-refractivity contribution in [3.8, 4) is 0 Å². The summed E-state index contributed by atoms with van der Waals surface area (Å²) < 4.78 is 38.9. The Morgan fingerprint density at radius 2 is 1.46 bits per heavy atom. The first-order valence-electron chi connectivity index (χ1n) is 13.8. The molecule has 4 aromatic carbocycles. The third-order valence-electron chi connectivity index (χ3n) is 7.61. The van der Waals surface area contributed by atoms with Gasteiger partial charge in [0.1, 0.15) is 0 Å². The summed E-state index contributed by atoms with van der Waals surface area (Å²) in [5.41, 5.74) is 1.52. The van der Waals surface area contributed by atoms with Crippen LogP contribution in [0.4, 0.5) is 11.4 Å². The van der Waals surface area contributed by atoms with E-state index in [2.05, 4.69) is 10.2 Å². The van der Waals surface area contributed by atoms with Crippen molar-refractivity contribution >= 4 is 54.8 Å². The number of rotatable bonds is 7. The molecule has 2 heterocycles. The number of ether oxygens (including phenoxy) is 2. The van der Waals surface area contributed by atoms with Gasteiger partial charge in [-0.25, -0.2) is 13.2 Å². The number of nitrogens with zero attached hydrogens (tertiary/aromatic N) is 2. The Morgan fingerprint density at radius 1 is 0.829 bits per heavy atom. The minimum Gasteiger partial charge on any atom is -0.452 e. The van der Waals surface area contributed by atoms with E-state index in [4.69, 9.17) is 9.47 Å². The number of carbonyl (C=O) groups excluding carboxylic acids is 2. The number of anilines is 2. The van der Waals surface area contributed by atoms with Gasteiger partial charge in [0.15, 0.2) is 6.61 Å². The van der Waals surface area contributed by atoms with E-state index in [0.717, 1.165) is 53.2 Å². The molecule has 212 valence electrons. The van der Waals surface area contributed by atoms with E-state index in [9.17, 15) is 18.0 Å². The molecule has 0 unspecified atom stereocenters. The molecule has 2 aliphatic heterocycles. The summed E-state index contributed by atoms with van der Waals surface area (Å²) in [6.45, 7) is 2.32. The van der Waals surface area contributed by atoms with Crippen LogP contribution in [0.5, 0.6) is 0 Å². The topological polar surface area (TPSA) is 105 Å². The largest absolute Gasteiger partial charge is 0.452 e. The molecular formula is C31H31N3O6S. The summed E-state index contributed by atoms with van der Waals surface area (Å²) in [4.78, 5) is 28.7. The summed E-state index contributed by atoms with van der Waals surface area (Å²) in [5.74, 6) is -1.15. The molecule has 0 bridgehead atoms. The van der Waals surface area contributed by atoms with Crippen molar-refractivity contribution in [1.29, 1.82) is 0 Å². The molecule has 1 amide bonds. The van der Waals surface area contributed by atoms with Crippen molar-refractivity contribution in [2.75, 3.05) is 56.2 Å². The van der Waals surface area contributed by atoms with Crippen molar-refractivity contribution in [2.45, 2.75) is 17.7 Å². The maximum absolute atomic E-state index is 13.4. The molecular weight excluding hydrogens is 542 g/mol. The minimum atomic E-state index is -3.77. The Balaban J connectivity index is 1.25. The fourth-order valence-corrected chi connectivity index (χ4v) is 7.00. The van der Waals surface area contributed by atoms with E-state index >= 15 is 0 Å². The van der Waals surface area contributed by atoms with Gasteiger partial charge in [-0.2, -0.15) is 4.31 Å². The first-order valence-corrected chi connectivity index (χ1v) is 15.2. The molecule has 2 fully saturated rings. The number of hydrogen-bond acceptors (Lipinski definition) is 7. The van der Waals surface area contributed by atoms with Gasteiger partial charge in [0.2, 0.25) is 10.0 Å². The fourth-order valence-electron chi connectivity index (χ4n) is 5.57. The number of amides is 1. The molecule has 0 radical (unpaired) electrons. The highest BCUT2D eigenvalue weighted by Crippen LogP contribution is 2.33. The molecule has 2 aliphatic rings. The maximum atomic E-state index is 13.4. The first-order chi connectivity index (χ1) is 19.9. The summed E-state index contributed by atoms with van der Waals surface area (Å²) in [6.07, 6.45) is 2.02. The summed E-state index contributed by atoms with van der Waals surface area (Å²) in [6, 6.07) is 22.0. The summed E-state index contributed by atoms with van der Waals surface area (Å²) in [5, 5.41) is 6.11. The molecule has 41 heavy (non-hydrogen) atoms. The van der Waals surface area contributed by atoms with Crippen LogP contribution in [-0.4, -0.2) is 70.6 Å². The van der Waals surface area contributed by atoms with Gasteiger partial charge in [-0.15, -0.1) is 0 Å². The second-order valence-corrected chi connectivity index (χ2v) is 12.1. The van der Waals surface area contributed by atoms with Crippen LogP contribution in [0.2, 0.25) is 0 Å². The first kappa shape index (κ1) is 27.2. The number of fused-ring (bicyclic) bond motifs is 2. The van der Waals surface area contributed by atoms with Gasteiger partial charge in [-0.3, -0.25) is 4.79 Å². The van der Waals surface area contributed by atoms with E-state index in [0.29, 0.717) is 24.5 Å². The van der Waals surface area contributed by atoms with Crippen LogP contribution in [0.15, 0.2) is 77.7 Å². The second kappa shape index (κ2) is 11.5. The SMILES string of the molecule is O=C(COC(=O)c1c2ccccc2cc2ccccc12)Nc1cc(S(=O)(=O)N2CCOCC2)ccc1N1CCCC1. The van der Waals surface area contributed by atoms with Crippen molar-refractivity contribution in [3.63, 3.8) is 0 Å². The molecule has 0 aliphatic carbocycles. The number of morpholine rings is 1. The van der Waals surface area contributed by atoms with Crippen molar-refractivity contribution in [3.05, 3.63) is 78.4 Å². The van der Waals surface area contributed by atoms with E-state index < -0.39 is 28.5 Å². The van der Waals surface area contributed by atoms with Gasteiger partial charge in [-0.1, -0.05) is 48.5 Å². The summed E-state index contributed by atoms with van der Waals surface area (Å²) >= 11 is 0. The zero-order valence-electron chi connectivity index (χ0n) is 22.5. The predicted octanol–water partition coefficient (Wildman–Crippen LogP) is 4.41. The van der Waals surface area contributed by atoms with Crippen LogP contribution in [0, 0.1) is 0 Å². The molecule has 4 aromatic rings. The van der Waals surface area contributed by atoms with Crippen LogP contribution >= 0.6 is 0 Å². The highest BCUT2D eigenvalue weighted by Gasteiger charge is 2.28. The summed E-state index contributed by atoms with van der Waals surface area (Å²) in [7, 11) is -3.77. The molecule has 0 saturated carbocycles. The zero-order valence-corrected chi connectivity index (χ0v) is 23.4. The van der Waals surface area contributed by atoms with Gasteiger partial charge in [0, 0.05) is 26.2 Å². The van der Waals surface area contributed by atoms with Crippen LogP contribution in [-0.2, 0) is 24.3 Å². The number of sulfonamides is 1. The smallest absolute Gasteiger partial charge is 0.339 e. The lowest BCUT2D eigenvalue weighted by atomic mass is 9.97. The average Bonchev–Trinajstić information content (AvgIpc) is 3.54. The fraction of sp³-hybridized carbons (Fsp3) is 0.290. The quantitative estimate of drug-likeness (QED) is 0.258. The Bertz CT molecular complexity index is 1670. The molecule has 9 nitrogen and oxygen atoms in total. The second-order valence-electron chi connectivity index (χ2n) is 10.2. The van der Waals surface area contributed by atoms with Crippen LogP contribution < -0.4 is 10.2 Å². The Kier molecular flexibility index (Phi) is 7.61. The van der Waals surface area contributed by atoms with E-state index in [1.807, 2.05) is 54.6 Å². The van der Waals surface area contributed by atoms with Crippen LogP contribution in [0.1, 0.15) is 23.2 Å². The van der Waals surface area contributed by atoms with Gasteiger partial charge < -0.3 is 19.7 Å². The van der Waals surface area contributed by atoms with E-state index in [1.165, 1.54) is 10.4 Å². The molecule has 2 saturated heterocycles. The maximum Gasteiger partial charge on any atom is 0.339 e. The molecule has 0 aromatic heterocycles. The lowest BCUT2D eigenvalue weighted by Crippen LogP contribution is -2.40. The van der Waals surface area contributed by atoms with Gasteiger partial charge in [0.25, 0.3) is 5.91 Å². The molecule has 10 heteroatoms. The van der Waals surface area contributed by atoms with E-state index in [1.54, 1.807) is 12.1 Å². The third-order valence-corrected chi connectivity index (χ3v) is 9.50. The molecule has 6 rings (SSSR count). The average molecular weight is 574 g/mol. The highest BCUT2D eigenvalue weighted by molar-refractivity contribution is 7.89. The number of esters is 1. The Hall–Kier alpha value is -3.99. The van der Waals surface area contributed by atoms with Crippen molar-refractivity contribution < 1.29 is 27.5 Å². The molecule has 0 atom stereocenters. The van der Waals surface area contributed by atoms with E-state index in [-0.39, 0.29) is 18.0 Å². The van der Waals surface area contributed by atoms with Crippen LogP contribution in [0.3, 0.4) is 0 Å². The number of benzene rings is 4. The van der Waals surface area contributed by atoms with Crippen LogP contribution in [0.25, 0.3) is 21.5 Å². The standard InChI is InChI=1S/C31H31N3O6S/c35-29(21-40-31(36)30-25-9-3-1-7-22(25)19-23-8-2-4-10-26(23)30)32-27-20-24(11-12-28(27)33-13-5-6-14-33)41(37,38)34-15-17-39-18-16-34/h1-4,7-12,19-20H,5-6,13-18,21H2,(H,32,35). The Labute approximate surface area is 238 Å². The highest BCUT2D eigenvalue weighted by atomic mass is 32.2. The Morgan fingerprint density at radius 3 is 2.12 bits per heavy atom. The van der Waals surface area contributed by atoms with Gasteiger partial charge in [0.05, 0.1) is 35.0 Å². The number of nitrogens with one attached hydrogen (secondary N) is 1. The number of hydrogen-bond donors (Lipinski definition) is 1. The predicted molar refractivity (Wildman–Crippen MR) is 158 cm³/mol. The zero-order chi connectivity index (χ0) is 28.4. The lowest BCUT2D eigenvalue weighted by molar-refractivity contribution is -0.119. The van der Waals surface area contributed by atoms with Gasteiger partial charge in [-0.05, 0) is 58.7 Å².